The van der Waals surface area contributed by atoms with E-state index in [9.17, 15) is 18.0 Å². The van der Waals surface area contributed by atoms with Gasteiger partial charge in [-0.2, -0.15) is 5.10 Å². The molecule has 0 unspecified atom stereocenters. The fourth-order valence-electron chi connectivity index (χ4n) is 4.15. The highest BCUT2D eigenvalue weighted by molar-refractivity contribution is 7.92. The van der Waals surface area contributed by atoms with Gasteiger partial charge in [0.15, 0.2) is 6.61 Å². The molecule has 0 bridgehead atoms. The molecule has 0 aromatic heterocycles. The molecule has 1 saturated heterocycles. The minimum Gasteiger partial charge on any atom is -0.484 e. The average molecular weight is 599 g/mol. The number of carbonyl (C=O) groups excluding carboxylic acids is 2. The molecule has 1 heterocycles. The van der Waals surface area contributed by atoms with Gasteiger partial charge in [-0.25, -0.2) is 13.8 Å². The Morgan fingerprint density at radius 3 is 2.54 bits per heavy atom. The molecule has 41 heavy (non-hydrogen) atoms. The molecule has 2 N–H and O–H groups in total. The topological polar surface area (TPSA) is 126 Å². The van der Waals surface area contributed by atoms with Crippen LogP contribution in [0.25, 0.3) is 0 Å². The second kappa shape index (κ2) is 14.1. The predicted molar refractivity (Wildman–Crippen MR) is 157 cm³/mol. The van der Waals surface area contributed by atoms with Gasteiger partial charge in [0.25, 0.3) is 21.8 Å². The SMILES string of the molecule is Cc1cc(Cl)ccc1N(CC(=O)N/N=C\c1ccc(OCC(=O)NC[C@@H]2CCCO2)cc1)S(=O)(=O)c1ccccc1. The molecular weight excluding hydrogens is 568 g/mol. The summed E-state index contributed by atoms with van der Waals surface area (Å²) in [5, 5.41) is 7.21. The summed E-state index contributed by atoms with van der Waals surface area (Å²) >= 11 is 6.07. The van der Waals surface area contributed by atoms with Crippen molar-refractivity contribution in [2.45, 2.75) is 30.8 Å². The van der Waals surface area contributed by atoms with Crippen molar-refractivity contribution in [1.29, 1.82) is 0 Å². The minimum atomic E-state index is -4.06. The van der Waals surface area contributed by atoms with E-state index in [1.54, 1.807) is 67.6 Å². The lowest BCUT2D eigenvalue weighted by Gasteiger charge is -2.25. The van der Waals surface area contributed by atoms with E-state index in [2.05, 4.69) is 15.8 Å². The second-order valence-electron chi connectivity index (χ2n) is 9.35. The van der Waals surface area contributed by atoms with Gasteiger partial charge in [0.1, 0.15) is 12.3 Å². The number of rotatable bonds is 12. The first-order valence-electron chi connectivity index (χ1n) is 13.0. The van der Waals surface area contributed by atoms with Crippen LogP contribution in [-0.2, 0) is 24.3 Å². The van der Waals surface area contributed by atoms with Crippen LogP contribution >= 0.6 is 11.6 Å². The summed E-state index contributed by atoms with van der Waals surface area (Å²) in [6, 6.07) is 19.4. The molecule has 0 radical (unpaired) electrons. The smallest absolute Gasteiger partial charge is 0.264 e. The predicted octanol–water partition coefficient (Wildman–Crippen LogP) is 3.67. The summed E-state index contributed by atoms with van der Waals surface area (Å²) in [6.45, 7) is 2.30. The van der Waals surface area contributed by atoms with Gasteiger partial charge in [0.2, 0.25) is 0 Å². The van der Waals surface area contributed by atoms with Gasteiger partial charge in [-0.1, -0.05) is 29.8 Å². The number of hydrogen-bond acceptors (Lipinski definition) is 7. The van der Waals surface area contributed by atoms with Crippen molar-refractivity contribution in [3.8, 4) is 5.75 Å². The Morgan fingerprint density at radius 2 is 1.85 bits per heavy atom. The van der Waals surface area contributed by atoms with Crippen molar-refractivity contribution in [1.82, 2.24) is 10.7 Å². The first-order valence-corrected chi connectivity index (χ1v) is 14.8. The van der Waals surface area contributed by atoms with Crippen molar-refractivity contribution in [3.63, 3.8) is 0 Å². The van der Waals surface area contributed by atoms with Gasteiger partial charge in [-0.05, 0) is 85.5 Å². The van der Waals surface area contributed by atoms with E-state index in [0.717, 1.165) is 23.8 Å². The number of carbonyl (C=O) groups is 2. The molecule has 0 aliphatic carbocycles. The van der Waals surface area contributed by atoms with E-state index >= 15 is 0 Å². The maximum Gasteiger partial charge on any atom is 0.264 e. The van der Waals surface area contributed by atoms with Crippen LogP contribution in [0.4, 0.5) is 5.69 Å². The van der Waals surface area contributed by atoms with E-state index in [4.69, 9.17) is 21.1 Å². The van der Waals surface area contributed by atoms with Gasteiger partial charge >= 0.3 is 0 Å². The van der Waals surface area contributed by atoms with Crippen molar-refractivity contribution >= 4 is 45.3 Å². The Morgan fingerprint density at radius 1 is 1.10 bits per heavy atom. The summed E-state index contributed by atoms with van der Waals surface area (Å²) in [5.74, 6) is -0.367. The molecule has 10 nitrogen and oxygen atoms in total. The summed E-state index contributed by atoms with van der Waals surface area (Å²) in [4.78, 5) is 24.8. The zero-order valence-electron chi connectivity index (χ0n) is 22.5. The third-order valence-corrected chi connectivity index (χ3v) is 8.26. The number of benzene rings is 3. The van der Waals surface area contributed by atoms with Gasteiger partial charge in [-0.3, -0.25) is 13.9 Å². The number of amides is 2. The summed E-state index contributed by atoms with van der Waals surface area (Å²) in [7, 11) is -4.06. The Labute approximate surface area is 244 Å². The van der Waals surface area contributed by atoms with E-state index in [1.807, 2.05) is 0 Å². The normalized spacial score (nSPS) is 15.0. The highest BCUT2D eigenvalue weighted by Gasteiger charge is 2.28. The zero-order valence-corrected chi connectivity index (χ0v) is 24.0. The third-order valence-electron chi connectivity index (χ3n) is 6.25. The van der Waals surface area contributed by atoms with Gasteiger partial charge < -0.3 is 14.8 Å². The lowest BCUT2D eigenvalue weighted by atomic mass is 10.2. The summed E-state index contributed by atoms with van der Waals surface area (Å²) in [5.41, 5.74) is 3.96. The number of nitrogens with zero attached hydrogens (tertiary/aromatic N) is 2. The van der Waals surface area contributed by atoms with Crippen LogP contribution in [0.1, 0.15) is 24.0 Å². The average Bonchev–Trinajstić information content (AvgIpc) is 3.49. The number of sulfonamides is 1. The number of halogens is 1. The van der Waals surface area contributed by atoms with Gasteiger partial charge in [-0.15, -0.1) is 0 Å². The monoisotopic (exact) mass is 598 g/mol. The maximum absolute atomic E-state index is 13.5. The van der Waals surface area contributed by atoms with Crippen LogP contribution in [-0.4, -0.2) is 58.9 Å². The molecule has 1 fully saturated rings. The minimum absolute atomic E-state index is 0.0493. The molecule has 2 amide bonds. The van der Waals surface area contributed by atoms with Crippen LogP contribution in [0.15, 0.2) is 82.8 Å². The molecule has 1 aliphatic heterocycles. The molecule has 216 valence electrons. The van der Waals surface area contributed by atoms with Crippen LogP contribution in [0, 0.1) is 6.92 Å². The van der Waals surface area contributed by atoms with E-state index < -0.39 is 22.5 Å². The standard InChI is InChI=1S/C29H31ClN4O6S/c1-21-16-23(30)11-14-27(21)34(41(37,38)26-7-3-2-4-8-26)19-28(35)33-32-17-22-9-12-24(13-10-22)40-20-29(36)31-18-25-6-5-15-39-25/h2-4,7-14,16-17,25H,5-6,15,18-20H2,1H3,(H,31,36)(H,33,35)/b32-17-/t25-/m0/s1. The molecular formula is C29H31ClN4O6S. The number of ether oxygens (including phenoxy) is 2. The Hall–Kier alpha value is -3.93. The Kier molecular flexibility index (Phi) is 10.3. The quantitative estimate of drug-likeness (QED) is 0.242. The number of anilines is 1. The van der Waals surface area contributed by atoms with Crippen LogP contribution < -0.4 is 19.8 Å². The lowest BCUT2D eigenvalue weighted by molar-refractivity contribution is -0.123. The summed E-state index contributed by atoms with van der Waals surface area (Å²) < 4.78 is 38.9. The molecule has 4 rings (SSSR count). The first kappa shape index (κ1) is 30.0. The van der Waals surface area contributed by atoms with E-state index in [-0.39, 0.29) is 23.5 Å². The molecule has 3 aromatic rings. The van der Waals surface area contributed by atoms with Crippen molar-refractivity contribution in [2.75, 3.05) is 30.6 Å². The molecule has 3 aromatic carbocycles. The fourth-order valence-corrected chi connectivity index (χ4v) is 5.88. The van der Waals surface area contributed by atoms with Crippen LogP contribution in [0.5, 0.6) is 5.75 Å². The van der Waals surface area contributed by atoms with Crippen LogP contribution in [0.3, 0.4) is 0 Å². The zero-order chi connectivity index (χ0) is 29.2. The van der Waals surface area contributed by atoms with Gasteiger partial charge in [0, 0.05) is 18.2 Å². The molecule has 1 atom stereocenters. The second-order valence-corrected chi connectivity index (χ2v) is 11.6. The number of aryl methyl sites for hydroxylation is 1. The fraction of sp³-hybridized carbons (Fsp3) is 0.276. The molecule has 1 aliphatic rings. The Bertz CT molecular complexity index is 1480. The number of hydrogen-bond donors (Lipinski definition) is 2. The van der Waals surface area contributed by atoms with Crippen molar-refractivity contribution in [3.05, 3.63) is 88.9 Å². The van der Waals surface area contributed by atoms with E-state index in [1.165, 1.54) is 18.3 Å². The summed E-state index contributed by atoms with van der Waals surface area (Å²) in [6.07, 6.45) is 3.43. The number of hydrazone groups is 1. The maximum atomic E-state index is 13.5. The van der Waals surface area contributed by atoms with Crippen LogP contribution in [0.2, 0.25) is 5.02 Å². The third kappa shape index (κ3) is 8.53. The van der Waals surface area contributed by atoms with E-state index in [0.29, 0.717) is 34.1 Å². The van der Waals surface area contributed by atoms with Crippen molar-refractivity contribution in [2.24, 2.45) is 5.10 Å². The molecule has 0 spiro atoms. The lowest BCUT2D eigenvalue weighted by Crippen LogP contribution is -2.40. The molecule has 0 saturated carbocycles. The molecule has 12 heteroatoms. The highest BCUT2D eigenvalue weighted by atomic mass is 35.5. The number of nitrogens with one attached hydrogen (secondary N) is 2. The largest absolute Gasteiger partial charge is 0.484 e. The Balaban J connectivity index is 1.33. The van der Waals surface area contributed by atoms with Crippen molar-refractivity contribution < 1.29 is 27.5 Å². The first-order chi connectivity index (χ1) is 19.7. The van der Waals surface area contributed by atoms with Gasteiger partial charge in [0.05, 0.1) is 22.9 Å². The highest BCUT2D eigenvalue weighted by Crippen LogP contribution is 2.28.